The monoisotopic (exact) mass is 261 g/mol. The molecule has 0 aliphatic heterocycles. The second kappa shape index (κ2) is 8.17. The molecule has 0 aliphatic rings. The largest absolute Gasteiger partial charge is 0.481 e. The first-order chi connectivity index (χ1) is 9.17. The Labute approximate surface area is 113 Å². The van der Waals surface area contributed by atoms with Crippen LogP contribution in [-0.4, -0.2) is 25.2 Å². The fourth-order valence-electron chi connectivity index (χ4n) is 1.50. The van der Waals surface area contributed by atoms with Gasteiger partial charge in [0.1, 0.15) is 18.4 Å². The molecule has 1 aromatic carbocycles. The van der Waals surface area contributed by atoms with E-state index in [1.54, 1.807) is 13.8 Å². The van der Waals surface area contributed by atoms with Gasteiger partial charge >= 0.3 is 5.97 Å². The molecule has 0 fully saturated rings. The van der Waals surface area contributed by atoms with E-state index in [0.29, 0.717) is 19.6 Å². The van der Waals surface area contributed by atoms with Crippen LogP contribution in [0.15, 0.2) is 24.3 Å². The van der Waals surface area contributed by atoms with Gasteiger partial charge in [-0.2, -0.15) is 0 Å². The SMILES string of the molecule is CC#CCOc1ccc(C[C@H](N)C(=O)OCC)cc1. The summed E-state index contributed by atoms with van der Waals surface area (Å²) in [6.45, 7) is 4.25. The van der Waals surface area contributed by atoms with Gasteiger partial charge in [-0.25, -0.2) is 0 Å². The number of hydrogen-bond donors (Lipinski definition) is 1. The summed E-state index contributed by atoms with van der Waals surface area (Å²) in [5.41, 5.74) is 6.71. The molecule has 0 unspecified atom stereocenters. The molecule has 0 amide bonds. The van der Waals surface area contributed by atoms with Crippen molar-refractivity contribution in [3.8, 4) is 17.6 Å². The zero-order chi connectivity index (χ0) is 14.1. The molecule has 0 heterocycles. The number of esters is 1. The molecule has 1 rings (SSSR count). The van der Waals surface area contributed by atoms with E-state index in [0.717, 1.165) is 11.3 Å². The van der Waals surface area contributed by atoms with Gasteiger partial charge in [-0.3, -0.25) is 4.79 Å². The van der Waals surface area contributed by atoms with Crippen molar-refractivity contribution in [3.63, 3.8) is 0 Å². The van der Waals surface area contributed by atoms with E-state index in [-0.39, 0.29) is 5.97 Å². The van der Waals surface area contributed by atoms with Crippen molar-refractivity contribution >= 4 is 5.97 Å². The molecule has 2 N–H and O–H groups in total. The van der Waals surface area contributed by atoms with Crippen molar-refractivity contribution in [1.29, 1.82) is 0 Å². The Morgan fingerprint density at radius 2 is 2.05 bits per heavy atom. The number of benzene rings is 1. The Morgan fingerprint density at radius 1 is 1.37 bits per heavy atom. The van der Waals surface area contributed by atoms with Crippen LogP contribution in [0.3, 0.4) is 0 Å². The third-order valence-electron chi connectivity index (χ3n) is 2.46. The molecule has 4 nitrogen and oxygen atoms in total. The summed E-state index contributed by atoms with van der Waals surface area (Å²) in [5.74, 6) is 5.95. The van der Waals surface area contributed by atoms with Crippen molar-refractivity contribution < 1.29 is 14.3 Å². The lowest BCUT2D eigenvalue weighted by Crippen LogP contribution is -2.34. The lowest BCUT2D eigenvalue weighted by Gasteiger charge is -2.10. The number of hydrogen-bond acceptors (Lipinski definition) is 4. The van der Waals surface area contributed by atoms with E-state index >= 15 is 0 Å². The molecule has 0 aromatic heterocycles. The molecular weight excluding hydrogens is 242 g/mol. The van der Waals surface area contributed by atoms with Gasteiger partial charge in [0.15, 0.2) is 0 Å². The fraction of sp³-hybridized carbons (Fsp3) is 0.400. The summed E-state index contributed by atoms with van der Waals surface area (Å²) >= 11 is 0. The molecule has 102 valence electrons. The molecule has 0 saturated heterocycles. The molecule has 0 radical (unpaired) electrons. The van der Waals surface area contributed by atoms with Crippen LogP contribution in [-0.2, 0) is 16.0 Å². The summed E-state index contributed by atoms with van der Waals surface area (Å²) in [6.07, 6.45) is 0.452. The van der Waals surface area contributed by atoms with Gasteiger partial charge in [0.2, 0.25) is 0 Å². The minimum absolute atomic E-state index is 0.345. The normalized spacial score (nSPS) is 11.1. The lowest BCUT2D eigenvalue weighted by atomic mass is 10.1. The van der Waals surface area contributed by atoms with Gasteiger partial charge in [0.25, 0.3) is 0 Å². The maximum atomic E-state index is 11.4. The van der Waals surface area contributed by atoms with Gasteiger partial charge < -0.3 is 15.2 Å². The number of carbonyl (C=O) groups is 1. The predicted octanol–water partition coefficient (Wildman–Crippen LogP) is 1.52. The average Bonchev–Trinajstić information content (AvgIpc) is 2.41. The Kier molecular flexibility index (Phi) is 6.48. The minimum atomic E-state index is -0.627. The molecule has 0 spiro atoms. The Bertz CT molecular complexity index is 457. The molecular formula is C15H19NO3. The maximum absolute atomic E-state index is 11.4. The van der Waals surface area contributed by atoms with Gasteiger partial charge in [0, 0.05) is 0 Å². The van der Waals surface area contributed by atoms with Gasteiger partial charge in [-0.15, -0.1) is 5.92 Å². The summed E-state index contributed by atoms with van der Waals surface area (Å²) in [4.78, 5) is 11.4. The lowest BCUT2D eigenvalue weighted by molar-refractivity contribution is -0.144. The number of nitrogens with two attached hydrogens (primary N) is 1. The summed E-state index contributed by atoms with van der Waals surface area (Å²) in [7, 11) is 0. The second-order valence-electron chi connectivity index (χ2n) is 3.92. The van der Waals surface area contributed by atoms with Crippen molar-refractivity contribution in [2.75, 3.05) is 13.2 Å². The van der Waals surface area contributed by atoms with Crippen molar-refractivity contribution in [1.82, 2.24) is 0 Å². The highest BCUT2D eigenvalue weighted by Gasteiger charge is 2.14. The molecule has 0 saturated carbocycles. The summed E-state index contributed by atoms with van der Waals surface area (Å²) in [5, 5.41) is 0. The van der Waals surface area contributed by atoms with Crippen molar-refractivity contribution in [2.45, 2.75) is 26.3 Å². The number of ether oxygens (including phenoxy) is 2. The smallest absolute Gasteiger partial charge is 0.323 e. The van der Waals surface area contributed by atoms with Crippen LogP contribution in [0.1, 0.15) is 19.4 Å². The van der Waals surface area contributed by atoms with Crippen LogP contribution >= 0.6 is 0 Å². The van der Waals surface area contributed by atoms with Gasteiger partial charge in [0.05, 0.1) is 6.61 Å². The highest BCUT2D eigenvalue weighted by Crippen LogP contribution is 2.13. The first-order valence-electron chi connectivity index (χ1n) is 6.21. The zero-order valence-corrected chi connectivity index (χ0v) is 11.3. The number of carbonyl (C=O) groups excluding carboxylic acids is 1. The third kappa shape index (κ3) is 5.45. The summed E-state index contributed by atoms with van der Waals surface area (Å²) in [6, 6.07) is 6.81. The van der Waals surface area contributed by atoms with E-state index in [2.05, 4.69) is 11.8 Å². The topological polar surface area (TPSA) is 61.5 Å². The fourth-order valence-corrected chi connectivity index (χ4v) is 1.50. The van der Waals surface area contributed by atoms with E-state index in [1.807, 2.05) is 24.3 Å². The van der Waals surface area contributed by atoms with Crippen molar-refractivity contribution in [3.05, 3.63) is 29.8 Å². The molecule has 0 bridgehead atoms. The van der Waals surface area contributed by atoms with Crippen LogP contribution in [0, 0.1) is 11.8 Å². The highest BCUT2D eigenvalue weighted by molar-refractivity contribution is 5.75. The van der Waals surface area contributed by atoms with E-state index in [1.165, 1.54) is 0 Å². The highest BCUT2D eigenvalue weighted by atomic mass is 16.5. The molecule has 4 heteroatoms. The second-order valence-corrected chi connectivity index (χ2v) is 3.92. The van der Waals surface area contributed by atoms with E-state index in [9.17, 15) is 4.79 Å². The summed E-state index contributed by atoms with van der Waals surface area (Å²) < 4.78 is 10.3. The molecule has 1 aromatic rings. The van der Waals surface area contributed by atoms with Crippen LogP contribution in [0.4, 0.5) is 0 Å². The Hall–Kier alpha value is -1.99. The van der Waals surface area contributed by atoms with Crippen LogP contribution in [0.2, 0.25) is 0 Å². The maximum Gasteiger partial charge on any atom is 0.323 e. The molecule has 0 aliphatic carbocycles. The zero-order valence-electron chi connectivity index (χ0n) is 11.3. The van der Waals surface area contributed by atoms with E-state index < -0.39 is 6.04 Å². The van der Waals surface area contributed by atoms with Crippen LogP contribution in [0.5, 0.6) is 5.75 Å². The van der Waals surface area contributed by atoms with Gasteiger partial charge in [-0.1, -0.05) is 18.1 Å². The number of rotatable bonds is 6. The minimum Gasteiger partial charge on any atom is -0.481 e. The van der Waals surface area contributed by atoms with E-state index in [4.69, 9.17) is 15.2 Å². The third-order valence-corrected chi connectivity index (χ3v) is 2.46. The van der Waals surface area contributed by atoms with Crippen LogP contribution < -0.4 is 10.5 Å². The molecule has 19 heavy (non-hydrogen) atoms. The molecule has 1 atom stereocenters. The van der Waals surface area contributed by atoms with Gasteiger partial charge in [-0.05, 0) is 38.0 Å². The Balaban J connectivity index is 2.51. The quantitative estimate of drug-likeness (QED) is 0.623. The predicted molar refractivity (Wildman–Crippen MR) is 73.7 cm³/mol. The first kappa shape index (κ1) is 15.1. The van der Waals surface area contributed by atoms with Crippen LogP contribution in [0.25, 0.3) is 0 Å². The Morgan fingerprint density at radius 3 is 2.63 bits per heavy atom. The average molecular weight is 261 g/mol. The standard InChI is InChI=1S/C15H19NO3/c1-3-5-10-19-13-8-6-12(7-9-13)11-14(16)15(17)18-4-2/h6-9,14H,4,10-11,16H2,1-2H3/t14-/m0/s1. The first-order valence-corrected chi connectivity index (χ1v) is 6.21. The van der Waals surface area contributed by atoms with Crippen molar-refractivity contribution in [2.24, 2.45) is 5.73 Å².